The number of aryl methyl sites for hydroxylation is 1. The van der Waals surface area contributed by atoms with Crippen LogP contribution in [0.1, 0.15) is 17.4 Å². The quantitative estimate of drug-likeness (QED) is 0.904. The van der Waals surface area contributed by atoms with Gasteiger partial charge in [-0.25, -0.2) is 4.98 Å². The Hall–Kier alpha value is -2.71. The van der Waals surface area contributed by atoms with E-state index in [9.17, 15) is 18.0 Å². The second kappa shape index (κ2) is 6.81. The summed E-state index contributed by atoms with van der Waals surface area (Å²) in [6.45, 7) is 0. The molecule has 0 fully saturated rings. The number of ether oxygens (including phenoxy) is 2. The van der Waals surface area contributed by atoms with Crippen molar-refractivity contribution in [3.63, 3.8) is 0 Å². The molecule has 1 atom stereocenters. The van der Waals surface area contributed by atoms with E-state index in [0.717, 1.165) is 0 Å². The fraction of sp³-hybridized carbons (Fsp3) is 0.333. The molecule has 1 aromatic carbocycles. The highest BCUT2D eigenvalue weighted by Gasteiger charge is 2.40. The van der Waals surface area contributed by atoms with Gasteiger partial charge in [0.05, 0.1) is 14.2 Å². The summed E-state index contributed by atoms with van der Waals surface area (Å²) in [5.74, 6) is -1.06. The highest BCUT2D eigenvalue weighted by atomic mass is 19.4. The number of hydrogen-bond donors (Lipinski definition) is 1. The van der Waals surface area contributed by atoms with Crippen molar-refractivity contribution >= 4 is 5.91 Å². The van der Waals surface area contributed by atoms with Crippen LogP contribution in [0.25, 0.3) is 0 Å². The Morgan fingerprint density at radius 1 is 1.21 bits per heavy atom. The number of rotatable bonds is 5. The number of halogens is 3. The third-order valence-corrected chi connectivity index (χ3v) is 3.36. The molecule has 1 heterocycles. The number of nitrogens with zero attached hydrogens (tertiary/aromatic N) is 2. The van der Waals surface area contributed by atoms with Gasteiger partial charge in [0.15, 0.2) is 0 Å². The number of benzene rings is 1. The Labute approximate surface area is 136 Å². The minimum atomic E-state index is -5.01. The van der Waals surface area contributed by atoms with E-state index in [1.807, 2.05) is 5.32 Å². The van der Waals surface area contributed by atoms with Crippen molar-refractivity contribution in [2.45, 2.75) is 12.2 Å². The first-order chi connectivity index (χ1) is 11.3. The van der Waals surface area contributed by atoms with Gasteiger partial charge in [0.1, 0.15) is 23.4 Å². The number of imidazole rings is 1. The number of alkyl halides is 3. The minimum absolute atomic E-state index is 0.239. The molecule has 130 valence electrons. The number of amides is 1. The van der Waals surface area contributed by atoms with E-state index in [1.165, 1.54) is 37.1 Å². The van der Waals surface area contributed by atoms with E-state index in [1.54, 1.807) is 19.3 Å². The second-order valence-electron chi connectivity index (χ2n) is 4.95. The van der Waals surface area contributed by atoms with Crippen LogP contribution in [-0.4, -0.2) is 35.9 Å². The van der Waals surface area contributed by atoms with E-state index in [4.69, 9.17) is 9.47 Å². The van der Waals surface area contributed by atoms with E-state index in [2.05, 4.69) is 4.98 Å². The van der Waals surface area contributed by atoms with Crippen LogP contribution in [0, 0.1) is 0 Å². The van der Waals surface area contributed by atoms with Gasteiger partial charge in [0, 0.05) is 25.5 Å². The summed E-state index contributed by atoms with van der Waals surface area (Å²) in [5.41, 5.74) is 0.345. The Kier molecular flexibility index (Phi) is 5.01. The maximum atomic E-state index is 12.7. The molecule has 1 aromatic heterocycles. The zero-order valence-corrected chi connectivity index (χ0v) is 13.2. The van der Waals surface area contributed by atoms with Crippen LogP contribution in [0.3, 0.4) is 0 Å². The fourth-order valence-corrected chi connectivity index (χ4v) is 2.16. The first-order valence-corrected chi connectivity index (χ1v) is 6.84. The van der Waals surface area contributed by atoms with Crippen molar-refractivity contribution in [1.82, 2.24) is 14.9 Å². The van der Waals surface area contributed by atoms with Gasteiger partial charge in [0.25, 0.3) is 0 Å². The van der Waals surface area contributed by atoms with Crippen LogP contribution in [0.2, 0.25) is 0 Å². The molecule has 0 aliphatic carbocycles. The molecule has 1 amide bonds. The summed E-state index contributed by atoms with van der Waals surface area (Å²) in [7, 11) is 4.46. The summed E-state index contributed by atoms with van der Waals surface area (Å²) < 4.78 is 49.8. The smallest absolute Gasteiger partial charge is 0.471 e. The Bertz CT molecular complexity index is 706. The molecule has 2 aromatic rings. The molecular formula is C15H16F3N3O3. The van der Waals surface area contributed by atoms with Crippen molar-refractivity contribution in [2.75, 3.05) is 14.2 Å². The zero-order chi connectivity index (χ0) is 17.9. The van der Waals surface area contributed by atoms with Crippen molar-refractivity contribution in [3.8, 4) is 11.5 Å². The van der Waals surface area contributed by atoms with Crippen molar-refractivity contribution in [3.05, 3.63) is 42.0 Å². The average molecular weight is 343 g/mol. The number of hydrogen-bond acceptors (Lipinski definition) is 4. The van der Waals surface area contributed by atoms with Crippen LogP contribution in [0.4, 0.5) is 13.2 Å². The molecule has 1 unspecified atom stereocenters. The lowest BCUT2D eigenvalue weighted by molar-refractivity contribution is -0.174. The van der Waals surface area contributed by atoms with Gasteiger partial charge < -0.3 is 19.4 Å². The van der Waals surface area contributed by atoms with Crippen LogP contribution < -0.4 is 14.8 Å². The lowest BCUT2D eigenvalue weighted by Crippen LogP contribution is -2.40. The van der Waals surface area contributed by atoms with Crippen LogP contribution in [-0.2, 0) is 11.8 Å². The third kappa shape index (κ3) is 3.79. The Morgan fingerprint density at radius 3 is 2.21 bits per heavy atom. The molecule has 9 heteroatoms. The van der Waals surface area contributed by atoms with Gasteiger partial charge in [-0.05, 0) is 17.7 Å². The zero-order valence-electron chi connectivity index (χ0n) is 13.2. The van der Waals surface area contributed by atoms with E-state index < -0.39 is 18.1 Å². The van der Waals surface area contributed by atoms with Gasteiger partial charge in [-0.1, -0.05) is 0 Å². The van der Waals surface area contributed by atoms with Gasteiger partial charge in [-0.2, -0.15) is 13.2 Å². The van der Waals surface area contributed by atoms with Crippen LogP contribution in [0.5, 0.6) is 11.5 Å². The number of carbonyl (C=O) groups excluding carboxylic acids is 1. The molecule has 2 rings (SSSR count). The number of aromatic nitrogens is 2. The first-order valence-electron chi connectivity index (χ1n) is 6.84. The van der Waals surface area contributed by atoms with Gasteiger partial charge in [-0.3, -0.25) is 4.79 Å². The molecule has 0 aliphatic heterocycles. The lowest BCUT2D eigenvalue weighted by Gasteiger charge is -2.21. The van der Waals surface area contributed by atoms with E-state index in [-0.39, 0.29) is 5.82 Å². The van der Waals surface area contributed by atoms with Gasteiger partial charge in [-0.15, -0.1) is 0 Å². The van der Waals surface area contributed by atoms with Crippen LogP contribution >= 0.6 is 0 Å². The predicted molar refractivity (Wildman–Crippen MR) is 78.8 cm³/mol. The van der Waals surface area contributed by atoms with Crippen molar-refractivity contribution in [1.29, 1.82) is 0 Å². The molecule has 0 spiro atoms. The Morgan fingerprint density at radius 2 is 1.79 bits per heavy atom. The minimum Gasteiger partial charge on any atom is -0.497 e. The summed E-state index contributed by atoms with van der Waals surface area (Å²) in [4.78, 5) is 15.5. The summed E-state index contributed by atoms with van der Waals surface area (Å²) in [5, 5.41) is 1.96. The third-order valence-electron chi connectivity index (χ3n) is 3.36. The Balaban J connectivity index is 2.50. The highest BCUT2D eigenvalue weighted by molar-refractivity contribution is 5.82. The molecular weight excluding hydrogens is 327 g/mol. The molecule has 1 N–H and O–H groups in total. The highest BCUT2D eigenvalue weighted by Crippen LogP contribution is 2.30. The SMILES string of the molecule is COc1cc(OC)cc(C(NC(=O)C(F)(F)F)c2nccn2C)c1. The molecule has 0 bridgehead atoms. The largest absolute Gasteiger partial charge is 0.497 e. The van der Waals surface area contributed by atoms with Crippen LogP contribution in [0.15, 0.2) is 30.6 Å². The second-order valence-corrected chi connectivity index (χ2v) is 4.95. The van der Waals surface area contributed by atoms with Gasteiger partial charge >= 0.3 is 12.1 Å². The first kappa shape index (κ1) is 17.6. The lowest BCUT2D eigenvalue weighted by atomic mass is 10.0. The number of methoxy groups -OCH3 is 2. The predicted octanol–water partition coefficient (Wildman–Crippen LogP) is 2.21. The van der Waals surface area contributed by atoms with Crippen molar-refractivity contribution < 1.29 is 27.4 Å². The average Bonchev–Trinajstić information content (AvgIpc) is 2.96. The maximum absolute atomic E-state index is 12.7. The molecule has 24 heavy (non-hydrogen) atoms. The fourth-order valence-electron chi connectivity index (χ4n) is 2.16. The molecule has 0 saturated heterocycles. The maximum Gasteiger partial charge on any atom is 0.471 e. The monoisotopic (exact) mass is 343 g/mol. The number of carbonyl (C=O) groups is 1. The summed E-state index contributed by atoms with van der Waals surface area (Å²) in [6.07, 6.45) is -2.01. The summed E-state index contributed by atoms with van der Waals surface area (Å²) in [6, 6.07) is 3.48. The molecule has 0 aliphatic rings. The normalized spacial score (nSPS) is 12.6. The topological polar surface area (TPSA) is 65.4 Å². The molecule has 0 radical (unpaired) electrons. The number of nitrogens with one attached hydrogen (secondary N) is 1. The van der Waals surface area contributed by atoms with E-state index >= 15 is 0 Å². The molecule has 0 saturated carbocycles. The van der Waals surface area contributed by atoms with Crippen molar-refractivity contribution in [2.24, 2.45) is 7.05 Å². The molecule has 6 nitrogen and oxygen atoms in total. The van der Waals surface area contributed by atoms with E-state index in [0.29, 0.717) is 17.1 Å². The van der Waals surface area contributed by atoms with Gasteiger partial charge in [0.2, 0.25) is 0 Å². The summed E-state index contributed by atoms with van der Waals surface area (Å²) >= 11 is 0. The standard InChI is InChI=1S/C15H16F3N3O3/c1-21-5-4-19-13(21)12(20-14(22)15(16,17)18)9-6-10(23-2)8-11(7-9)24-3/h4-8,12H,1-3H3,(H,20,22).